The van der Waals surface area contributed by atoms with Gasteiger partial charge in [-0.15, -0.1) is 11.3 Å². The minimum absolute atomic E-state index is 0.500. The van der Waals surface area contributed by atoms with E-state index in [4.69, 9.17) is 11.6 Å². The molecule has 4 nitrogen and oxygen atoms in total. The van der Waals surface area contributed by atoms with Crippen LogP contribution in [0.2, 0.25) is 5.15 Å². The van der Waals surface area contributed by atoms with Crippen molar-refractivity contribution in [1.82, 2.24) is 9.97 Å². The zero-order valence-electron chi connectivity index (χ0n) is 10.7. The molecule has 0 bridgehead atoms. The van der Waals surface area contributed by atoms with Gasteiger partial charge in [0.15, 0.2) is 0 Å². The van der Waals surface area contributed by atoms with Crippen molar-refractivity contribution < 1.29 is 0 Å². The smallest absolute Gasteiger partial charge is 0.203 e. The number of aromatic nitrogens is 2. The standard InChI is InChI=1S/C14H11ClN4S/c1-9-8-20-14(17-9)19-16-7-10-2-4-12-11(6-10)3-5-13(15)18-12/h2-8H,1H3,(H,17,19). The van der Waals surface area contributed by atoms with Crippen LogP contribution in [-0.4, -0.2) is 16.2 Å². The number of pyridine rings is 1. The van der Waals surface area contributed by atoms with Gasteiger partial charge in [0.1, 0.15) is 5.15 Å². The fourth-order valence-electron chi connectivity index (χ4n) is 1.77. The normalized spacial score (nSPS) is 11.3. The molecule has 0 fully saturated rings. The molecule has 0 amide bonds. The van der Waals surface area contributed by atoms with Crippen molar-refractivity contribution >= 4 is 45.2 Å². The third-order valence-electron chi connectivity index (χ3n) is 2.67. The molecule has 0 aliphatic rings. The summed E-state index contributed by atoms with van der Waals surface area (Å²) in [5, 5.41) is 8.47. The molecular weight excluding hydrogens is 292 g/mol. The van der Waals surface area contributed by atoms with E-state index >= 15 is 0 Å². The topological polar surface area (TPSA) is 50.2 Å². The maximum atomic E-state index is 5.86. The Kier molecular flexibility index (Phi) is 3.62. The van der Waals surface area contributed by atoms with Crippen molar-refractivity contribution in [3.63, 3.8) is 0 Å². The van der Waals surface area contributed by atoms with Crippen molar-refractivity contribution in [2.45, 2.75) is 6.92 Å². The molecule has 0 atom stereocenters. The second kappa shape index (κ2) is 5.56. The number of hydrogen-bond acceptors (Lipinski definition) is 5. The van der Waals surface area contributed by atoms with Crippen molar-refractivity contribution in [3.05, 3.63) is 52.1 Å². The summed E-state index contributed by atoms with van der Waals surface area (Å²) in [7, 11) is 0. The minimum Gasteiger partial charge on any atom is -0.253 e. The quantitative estimate of drug-likeness (QED) is 0.450. The summed E-state index contributed by atoms with van der Waals surface area (Å²) in [6.07, 6.45) is 1.75. The predicted molar refractivity (Wildman–Crippen MR) is 84.8 cm³/mol. The van der Waals surface area contributed by atoms with E-state index in [0.29, 0.717) is 5.15 Å². The number of nitrogens with one attached hydrogen (secondary N) is 1. The van der Waals surface area contributed by atoms with Crippen LogP contribution in [0.25, 0.3) is 10.9 Å². The summed E-state index contributed by atoms with van der Waals surface area (Å²) in [4.78, 5) is 8.51. The first-order valence-corrected chi connectivity index (χ1v) is 7.24. The third kappa shape index (κ3) is 2.95. The van der Waals surface area contributed by atoms with Crippen LogP contribution >= 0.6 is 22.9 Å². The van der Waals surface area contributed by atoms with E-state index in [0.717, 1.165) is 27.3 Å². The summed E-state index contributed by atoms with van der Waals surface area (Å²) >= 11 is 7.39. The Hall–Kier alpha value is -1.98. The van der Waals surface area contributed by atoms with Crippen LogP contribution in [0.4, 0.5) is 5.13 Å². The van der Waals surface area contributed by atoms with E-state index in [1.165, 1.54) is 11.3 Å². The summed E-state index contributed by atoms with van der Waals surface area (Å²) in [5.74, 6) is 0. The lowest BCUT2D eigenvalue weighted by atomic mass is 10.1. The number of anilines is 1. The highest BCUT2D eigenvalue weighted by Gasteiger charge is 1.98. The zero-order valence-corrected chi connectivity index (χ0v) is 12.2. The molecule has 20 heavy (non-hydrogen) atoms. The number of hydrazone groups is 1. The molecule has 3 rings (SSSR count). The van der Waals surface area contributed by atoms with E-state index in [2.05, 4.69) is 20.5 Å². The number of aryl methyl sites for hydroxylation is 1. The van der Waals surface area contributed by atoms with Gasteiger partial charge in [0.05, 0.1) is 17.4 Å². The summed E-state index contributed by atoms with van der Waals surface area (Å²) < 4.78 is 0. The molecule has 100 valence electrons. The van der Waals surface area contributed by atoms with Crippen molar-refractivity contribution in [2.75, 3.05) is 5.43 Å². The lowest BCUT2D eigenvalue weighted by Crippen LogP contribution is -1.90. The Morgan fingerprint density at radius 3 is 2.95 bits per heavy atom. The highest BCUT2D eigenvalue weighted by Crippen LogP contribution is 2.17. The highest BCUT2D eigenvalue weighted by atomic mass is 35.5. The van der Waals surface area contributed by atoms with Gasteiger partial charge in [-0.3, -0.25) is 5.43 Å². The first-order chi connectivity index (χ1) is 9.70. The van der Waals surface area contributed by atoms with E-state index in [9.17, 15) is 0 Å². The van der Waals surface area contributed by atoms with Crippen molar-refractivity contribution in [1.29, 1.82) is 0 Å². The van der Waals surface area contributed by atoms with Crippen LogP contribution < -0.4 is 5.43 Å². The van der Waals surface area contributed by atoms with Gasteiger partial charge in [0.2, 0.25) is 5.13 Å². The number of rotatable bonds is 3. The van der Waals surface area contributed by atoms with Gasteiger partial charge >= 0.3 is 0 Å². The fourth-order valence-corrected chi connectivity index (χ4v) is 2.56. The molecule has 0 saturated carbocycles. The Morgan fingerprint density at radius 1 is 1.25 bits per heavy atom. The predicted octanol–water partition coefficient (Wildman–Crippen LogP) is 4.10. The Balaban J connectivity index is 1.78. The number of nitrogens with zero attached hydrogens (tertiary/aromatic N) is 3. The first kappa shape index (κ1) is 13.0. The number of fused-ring (bicyclic) bond motifs is 1. The zero-order chi connectivity index (χ0) is 13.9. The van der Waals surface area contributed by atoms with Gasteiger partial charge in [-0.1, -0.05) is 17.7 Å². The highest BCUT2D eigenvalue weighted by molar-refractivity contribution is 7.13. The minimum atomic E-state index is 0.500. The lowest BCUT2D eigenvalue weighted by molar-refractivity contribution is 1.22. The molecule has 0 saturated heterocycles. The molecular formula is C14H11ClN4S. The molecule has 1 aromatic carbocycles. The molecule has 2 aromatic heterocycles. The molecule has 2 heterocycles. The maximum Gasteiger partial charge on any atom is 0.203 e. The van der Waals surface area contributed by atoms with E-state index < -0.39 is 0 Å². The van der Waals surface area contributed by atoms with Crippen molar-refractivity contribution in [2.24, 2.45) is 5.10 Å². The molecule has 3 aromatic rings. The Labute approximate surface area is 125 Å². The summed E-state index contributed by atoms with van der Waals surface area (Å²) in [5.41, 5.74) is 5.76. The molecule has 0 aliphatic heterocycles. The molecule has 6 heteroatoms. The second-order valence-corrected chi connectivity index (χ2v) is 5.50. The third-order valence-corrected chi connectivity index (χ3v) is 3.75. The van der Waals surface area contributed by atoms with Gasteiger partial charge in [-0.25, -0.2) is 9.97 Å². The molecule has 0 unspecified atom stereocenters. The SMILES string of the molecule is Cc1csc(NN=Cc2ccc3nc(Cl)ccc3c2)n1. The number of halogens is 1. The van der Waals surface area contributed by atoms with E-state index in [1.807, 2.05) is 36.6 Å². The first-order valence-electron chi connectivity index (χ1n) is 5.98. The molecule has 0 spiro atoms. The summed E-state index contributed by atoms with van der Waals surface area (Å²) in [6, 6.07) is 9.61. The van der Waals surface area contributed by atoms with Crippen LogP contribution in [-0.2, 0) is 0 Å². The van der Waals surface area contributed by atoms with Gasteiger partial charge < -0.3 is 0 Å². The average molecular weight is 303 g/mol. The van der Waals surface area contributed by atoms with E-state index in [-0.39, 0.29) is 0 Å². The summed E-state index contributed by atoms with van der Waals surface area (Å²) in [6.45, 7) is 1.95. The number of thiazole rings is 1. The molecule has 0 aliphatic carbocycles. The molecule has 0 radical (unpaired) electrons. The van der Waals surface area contributed by atoms with Gasteiger partial charge in [0, 0.05) is 10.8 Å². The van der Waals surface area contributed by atoms with Crippen LogP contribution in [0.15, 0.2) is 40.8 Å². The monoisotopic (exact) mass is 302 g/mol. The fraction of sp³-hybridized carbons (Fsp3) is 0.0714. The second-order valence-electron chi connectivity index (χ2n) is 4.25. The largest absolute Gasteiger partial charge is 0.253 e. The Bertz CT molecular complexity index is 782. The lowest BCUT2D eigenvalue weighted by Gasteiger charge is -1.99. The van der Waals surface area contributed by atoms with Gasteiger partial charge in [-0.05, 0) is 36.8 Å². The average Bonchev–Trinajstić information content (AvgIpc) is 2.85. The van der Waals surface area contributed by atoms with Crippen LogP contribution in [0.3, 0.4) is 0 Å². The molecule has 1 N–H and O–H groups in total. The Morgan fingerprint density at radius 2 is 2.15 bits per heavy atom. The van der Waals surface area contributed by atoms with Crippen LogP contribution in [0.5, 0.6) is 0 Å². The van der Waals surface area contributed by atoms with Gasteiger partial charge in [0.25, 0.3) is 0 Å². The maximum absolute atomic E-state index is 5.86. The number of benzene rings is 1. The van der Waals surface area contributed by atoms with Crippen LogP contribution in [0, 0.1) is 6.92 Å². The van der Waals surface area contributed by atoms with Gasteiger partial charge in [-0.2, -0.15) is 5.10 Å². The van der Waals surface area contributed by atoms with Crippen LogP contribution in [0.1, 0.15) is 11.3 Å². The van der Waals surface area contributed by atoms with Crippen molar-refractivity contribution in [3.8, 4) is 0 Å². The number of hydrogen-bond donors (Lipinski definition) is 1. The van der Waals surface area contributed by atoms with E-state index in [1.54, 1.807) is 12.3 Å².